The van der Waals surface area contributed by atoms with Crippen LogP contribution in [0, 0.1) is 5.92 Å². The molecule has 112 valence electrons. The molecule has 0 spiro atoms. The highest BCUT2D eigenvalue weighted by Gasteiger charge is 2.23. The van der Waals surface area contributed by atoms with Crippen LogP contribution in [0.1, 0.15) is 42.6 Å². The Balaban J connectivity index is 2.29. The fourth-order valence-electron chi connectivity index (χ4n) is 2.69. The minimum atomic E-state index is -3.84. The summed E-state index contributed by atoms with van der Waals surface area (Å²) in [6.45, 7) is 0.622. The third-order valence-electron chi connectivity index (χ3n) is 3.73. The number of methoxy groups -OCH3 is 1. The number of hydrogen-bond acceptors (Lipinski definition) is 4. The molecule has 1 aromatic rings. The van der Waals surface area contributed by atoms with Crippen molar-refractivity contribution in [2.45, 2.75) is 43.5 Å². The van der Waals surface area contributed by atoms with Gasteiger partial charge in [0, 0.05) is 23.4 Å². The molecular formula is C13H18ClNO4S. The van der Waals surface area contributed by atoms with Crippen LogP contribution < -0.4 is 0 Å². The van der Waals surface area contributed by atoms with E-state index < -0.39 is 15.0 Å². The smallest absolute Gasteiger partial charge is 0.354 e. The van der Waals surface area contributed by atoms with Gasteiger partial charge in [0.1, 0.15) is 10.6 Å². The average molecular weight is 320 g/mol. The molecule has 5 nitrogen and oxygen atoms in total. The van der Waals surface area contributed by atoms with Crippen molar-refractivity contribution in [3.63, 3.8) is 0 Å². The van der Waals surface area contributed by atoms with Crippen LogP contribution in [0.5, 0.6) is 0 Å². The highest BCUT2D eigenvalue weighted by atomic mass is 35.7. The van der Waals surface area contributed by atoms with Crippen molar-refractivity contribution in [2.24, 2.45) is 5.92 Å². The minimum absolute atomic E-state index is 0.0598. The van der Waals surface area contributed by atoms with E-state index in [1.807, 2.05) is 0 Å². The van der Waals surface area contributed by atoms with Gasteiger partial charge in [-0.3, -0.25) is 0 Å². The molecule has 0 aromatic carbocycles. The van der Waals surface area contributed by atoms with E-state index in [1.54, 1.807) is 4.57 Å². The standard InChI is InChI=1S/C13H18ClNO4S/c1-19-13(16)12-7-11(20(14,17)18)9-15(12)8-10-5-3-2-4-6-10/h7,9-10H,2-6,8H2,1H3. The van der Waals surface area contributed by atoms with E-state index >= 15 is 0 Å². The van der Waals surface area contributed by atoms with Gasteiger partial charge in [0.25, 0.3) is 9.05 Å². The van der Waals surface area contributed by atoms with Gasteiger partial charge < -0.3 is 9.30 Å². The molecule has 0 radical (unpaired) electrons. The number of ether oxygens (including phenoxy) is 1. The number of esters is 1. The van der Waals surface area contributed by atoms with E-state index in [9.17, 15) is 13.2 Å². The Morgan fingerprint density at radius 3 is 2.60 bits per heavy atom. The lowest BCUT2D eigenvalue weighted by molar-refractivity contribution is 0.0586. The molecule has 1 saturated carbocycles. The van der Waals surface area contributed by atoms with Crippen molar-refractivity contribution in [2.75, 3.05) is 7.11 Å². The summed E-state index contributed by atoms with van der Waals surface area (Å²) in [6, 6.07) is 1.27. The summed E-state index contributed by atoms with van der Waals surface area (Å²) in [7, 11) is 2.77. The number of carbonyl (C=O) groups is 1. The van der Waals surface area contributed by atoms with Gasteiger partial charge in [0.05, 0.1) is 7.11 Å². The molecule has 1 aliphatic rings. The van der Waals surface area contributed by atoms with Crippen LogP contribution in [-0.4, -0.2) is 26.1 Å². The molecule has 1 fully saturated rings. The summed E-state index contributed by atoms with van der Waals surface area (Å²) in [6.07, 6.45) is 7.22. The average Bonchev–Trinajstić information content (AvgIpc) is 2.83. The molecule has 1 heterocycles. The normalized spacial score (nSPS) is 17.1. The van der Waals surface area contributed by atoms with Crippen molar-refractivity contribution in [1.82, 2.24) is 4.57 Å². The Bertz CT molecular complexity index is 588. The fourth-order valence-corrected chi connectivity index (χ4v) is 3.45. The molecule has 2 rings (SSSR count). The SMILES string of the molecule is COC(=O)c1cc(S(=O)(=O)Cl)cn1CC1CCCCC1. The monoisotopic (exact) mass is 319 g/mol. The molecule has 0 N–H and O–H groups in total. The summed E-state index contributed by atoms with van der Waals surface area (Å²) >= 11 is 0. The van der Waals surface area contributed by atoms with Crippen LogP contribution in [-0.2, 0) is 20.3 Å². The Hall–Kier alpha value is -1.01. The first-order valence-electron chi connectivity index (χ1n) is 6.65. The van der Waals surface area contributed by atoms with E-state index in [-0.39, 0.29) is 10.6 Å². The Morgan fingerprint density at radius 1 is 1.40 bits per heavy atom. The third-order valence-corrected chi connectivity index (χ3v) is 5.05. The highest BCUT2D eigenvalue weighted by Crippen LogP contribution is 2.27. The van der Waals surface area contributed by atoms with Crippen LogP contribution in [0.2, 0.25) is 0 Å². The van der Waals surface area contributed by atoms with Crippen molar-refractivity contribution in [3.05, 3.63) is 18.0 Å². The zero-order chi connectivity index (χ0) is 14.8. The molecule has 0 aliphatic heterocycles. The first-order valence-corrected chi connectivity index (χ1v) is 8.96. The lowest BCUT2D eigenvalue weighted by atomic mass is 9.89. The maximum absolute atomic E-state index is 11.7. The Kier molecular flexibility index (Phi) is 4.75. The van der Waals surface area contributed by atoms with Gasteiger partial charge in [-0.2, -0.15) is 0 Å². The molecule has 1 aromatic heterocycles. The lowest BCUT2D eigenvalue weighted by Crippen LogP contribution is -2.17. The van der Waals surface area contributed by atoms with E-state index in [2.05, 4.69) is 0 Å². The third kappa shape index (κ3) is 3.55. The van der Waals surface area contributed by atoms with Gasteiger partial charge in [-0.1, -0.05) is 19.3 Å². The maximum Gasteiger partial charge on any atom is 0.354 e. The predicted octanol–water partition coefficient (Wildman–Crippen LogP) is 2.78. The van der Waals surface area contributed by atoms with Crippen LogP contribution >= 0.6 is 10.7 Å². The molecule has 0 bridgehead atoms. The van der Waals surface area contributed by atoms with Crippen molar-refractivity contribution < 1.29 is 17.9 Å². The topological polar surface area (TPSA) is 65.4 Å². The van der Waals surface area contributed by atoms with Crippen molar-refractivity contribution >= 4 is 25.7 Å². The van der Waals surface area contributed by atoms with E-state index in [1.165, 1.54) is 38.6 Å². The second-order valence-corrected chi connectivity index (χ2v) is 7.71. The van der Waals surface area contributed by atoms with Crippen molar-refractivity contribution in [3.8, 4) is 0 Å². The van der Waals surface area contributed by atoms with E-state index in [0.29, 0.717) is 12.5 Å². The molecule has 0 atom stereocenters. The number of halogens is 1. The molecule has 7 heteroatoms. The van der Waals surface area contributed by atoms with Gasteiger partial charge in [-0.05, 0) is 24.8 Å². The van der Waals surface area contributed by atoms with Gasteiger partial charge in [-0.25, -0.2) is 13.2 Å². The second kappa shape index (κ2) is 6.18. The molecule has 20 heavy (non-hydrogen) atoms. The highest BCUT2D eigenvalue weighted by molar-refractivity contribution is 8.13. The summed E-state index contributed by atoms with van der Waals surface area (Å²) in [4.78, 5) is 11.7. The van der Waals surface area contributed by atoms with Gasteiger partial charge in [0.2, 0.25) is 0 Å². The molecular weight excluding hydrogens is 302 g/mol. The Labute approximate surface area is 123 Å². The second-order valence-electron chi connectivity index (χ2n) is 5.15. The van der Waals surface area contributed by atoms with E-state index in [0.717, 1.165) is 12.8 Å². The summed E-state index contributed by atoms with van der Waals surface area (Å²) in [5.41, 5.74) is 0.234. The Morgan fingerprint density at radius 2 is 2.05 bits per heavy atom. The minimum Gasteiger partial charge on any atom is -0.464 e. The molecule has 0 unspecified atom stereocenters. The molecule has 0 saturated heterocycles. The van der Waals surface area contributed by atoms with Gasteiger partial charge in [-0.15, -0.1) is 0 Å². The number of rotatable bonds is 4. The lowest BCUT2D eigenvalue weighted by Gasteiger charge is -2.22. The maximum atomic E-state index is 11.7. The number of carbonyl (C=O) groups excluding carboxylic acids is 1. The van der Waals surface area contributed by atoms with Gasteiger partial charge in [0.15, 0.2) is 0 Å². The van der Waals surface area contributed by atoms with Crippen LogP contribution in [0.3, 0.4) is 0 Å². The number of nitrogens with zero attached hydrogens (tertiary/aromatic N) is 1. The zero-order valence-corrected chi connectivity index (χ0v) is 12.9. The number of aromatic nitrogens is 1. The number of hydrogen-bond donors (Lipinski definition) is 0. The molecule has 0 amide bonds. The fraction of sp³-hybridized carbons (Fsp3) is 0.615. The van der Waals surface area contributed by atoms with Crippen LogP contribution in [0.25, 0.3) is 0 Å². The van der Waals surface area contributed by atoms with E-state index in [4.69, 9.17) is 15.4 Å². The zero-order valence-electron chi connectivity index (χ0n) is 11.3. The quantitative estimate of drug-likeness (QED) is 0.632. The summed E-state index contributed by atoms with van der Waals surface area (Å²) in [5, 5.41) is 0. The predicted molar refractivity (Wildman–Crippen MR) is 75.4 cm³/mol. The largest absolute Gasteiger partial charge is 0.464 e. The first-order chi connectivity index (χ1) is 9.41. The summed E-state index contributed by atoms with van der Waals surface area (Å²) in [5.74, 6) is -0.0854. The summed E-state index contributed by atoms with van der Waals surface area (Å²) < 4.78 is 29.1. The van der Waals surface area contributed by atoms with Crippen LogP contribution in [0.15, 0.2) is 17.2 Å². The first kappa shape index (κ1) is 15.4. The van der Waals surface area contributed by atoms with Gasteiger partial charge >= 0.3 is 5.97 Å². The van der Waals surface area contributed by atoms with Crippen molar-refractivity contribution in [1.29, 1.82) is 0 Å². The molecule has 1 aliphatic carbocycles. The van der Waals surface area contributed by atoms with Crippen LogP contribution in [0.4, 0.5) is 0 Å².